The molecule has 0 spiro atoms. The molecule has 1 amide bonds. The zero-order valence-electron chi connectivity index (χ0n) is 11.0. The van der Waals surface area contributed by atoms with Crippen LogP contribution in [0.25, 0.3) is 0 Å². The SMILES string of the molecule is CC1CN(C(=O)[C@@H]2Cc3ccccc3N2)CC1C. The molecule has 2 unspecified atom stereocenters. The van der Waals surface area contributed by atoms with E-state index in [1.54, 1.807) is 0 Å². The number of nitrogens with one attached hydrogen (secondary N) is 1. The van der Waals surface area contributed by atoms with Gasteiger partial charge in [0.05, 0.1) is 0 Å². The molecular weight excluding hydrogens is 224 g/mol. The van der Waals surface area contributed by atoms with Crippen LogP contribution in [-0.4, -0.2) is 29.9 Å². The number of hydrogen-bond acceptors (Lipinski definition) is 2. The highest BCUT2D eigenvalue weighted by Crippen LogP contribution is 2.28. The monoisotopic (exact) mass is 244 g/mol. The molecule has 3 rings (SSSR count). The average Bonchev–Trinajstić information content (AvgIpc) is 2.93. The van der Waals surface area contributed by atoms with Gasteiger partial charge in [0.2, 0.25) is 5.91 Å². The van der Waals surface area contributed by atoms with Gasteiger partial charge in [0.1, 0.15) is 6.04 Å². The van der Waals surface area contributed by atoms with Crippen molar-refractivity contribution in [3.8, 4) is 0 Å². The van der Waals surface area contributed by atoms with Crippen LogP contribution in [0, 0.1) is 11.8 Å². The molecule has 3 heteroatoms. The number of fused-ring (bicyclic) bond motifs is 1. The van der Waals surface area contributed by atoms with Crippen LogP contribution in [0.15, 0.2) is 24.3 Å². The highest BCUT2D eigenvalue weighted by Gasteiger charge is 2.35. The predicted molar refractivity (Wildman–Crippen MR) is 72.5 cm³/mol. The van der Waals surface area contributed by atoms with Gasteiger partial charge in [-0.15, -0.1) is 0 Å². The molecule has 0 radical (unpaired) electrons. The van der Waals surface area contributed by atoms with E-state index in [1.807, 2.05) is 17.0 Å². The Bertz CT molecular complexity index is 436. The second-order valence-corrected chi connectivity index (χ2v) is 5.76. The topological polar surface area (TPSA) is 32.3 Å². The van der Waals surface area contributed by atoms with Gasteiger partial charge < -0.3 is 10.2 Å². The van der Waals surface area contributed by atoms with Crippen LogP contribution in [0.3, 0.4) is 0 Å². The summed E-state index contributed by atoms with van der Waals surface area (Å²) in [6.45, 7) is 6.28. The number of nitrogens with zero attached hydrogens (tertiary/aromatic N) is 1. The van der Waals surface area contributed by atoms with Crippen molar-refractivity contribution < 1.29 is 4.79 Å². The van der Waals surface area contributed by atoms with Gasteiger partial charge in [-0.1, -0.05) is 32.0 Å². The van der Waals surface area contributed by atoms with Crippen LogP contribution in [0.5, 0.6) is 0 Å². The van der Waals surface area contributed by atoms with Gasteiger partial charge in [0, 0.05) is 25.2 Å². The highest BCUT2D eigenvalue weighted by atomic mass is 16.2. The maximum absolute atomic E-state index is 12.5. The van der Waals surface area contributed by atoms with Crippen LogP contribution in [0.2, 0.25) is 0 Å². The zero-order chi connectivity index (χ0) is 12.7. The summed E-state index contributed by atoms with van der Waals surface area (Å²) in [6, 6.07) is 8.15. The van der Waals surface area contributed by atoms with E-state index in [9.17, 15) is 4.79 Å². The third-order valence-corrected chi connectivity index (χ3v) is 4.37. The van der Waals surface area contributed by atoms with Crippen molar-refractivity contribution in [2.24, 2.45) is 11.8 Å². The number of anilines is 1. The summed E-state index contributed by atoms with van der Waals surface area (Å²) >= 11 is 0. The molecule has 3 atom stereocenters. The molecule has 1 fully saturated rings. The molecule has 0 bridgehead atoms. The molecule has 0 aromatic heterocycles. The molecule has 0 saturated carbocycles. The van der Waals surface area contributed by atoms with E-state index in [-0.39, 0.29) is 11.9 Å². The molecular formula is C15H20N2O. The van der Waals surface area contributed by atoms with Gasteiger partial charge in [0.15, 0.2) is 0 Å². The van der Waals surface area contributed by atoms with E-state index in [4.69, 9.17) is 0 Å². The van der Waals surface area contributed by atoms with Gasteiger partial charge in [-0.05, 0) is 23.5 Å². The van der Waals surface area contributed by atoms with E-state index in [1.165, 1.54) is 5.56 Å². The maximum Gasteiger partial charge on any atom is 0.245 e. The van der Waals surface area contributed by atoms with E-state index >= 15 is 0 Å². The normalized spacial score (nSPS) is 30.1. The fourth-order valence-electron chi connectivity index (χ4n) is 2.98. The minimum absolute atomic E-state index is 0.0556. The first kappa shape index (κ1) is 11.6. The minimum Gasteiger partial charge on any atom is -0.373 e. The van der Waals surface area contributed by atoms with Crippen LogP contribution in [0.1, 0.15) is 19.4 Å². The second kappa shape index (κ2) is 4.30. The molecule has 18 heavy (non-hydrogen) atoms. The third-order valence-electron chi connectivity index (χ3n) is 4.37. The fourth-order valence-corrected chi connectivity index (χ4v) is 2.98. The lowest BCUT2D eigenvalue weighted by atomic mass is 10.0. The molecule has 2 aliphatic rings. The zero-order valence-corrected chi connectivity index (χ0v) is 11.0. The number of hydrogen-bond donors (Lipinski definition) is 1. The molecule has 96 valence electrons. The summed E-state index contributed by atoms with van der Waals surface area (Å²) in [5.41, 5.74) is 2.38. The van der Waals surface area contributed by atoms with E-state index in [0.29, 0.717) is 11.8 Å². The average molecular weight is 244 g/mol. The maximum atomic E-state index is 12.5. The number of carbonyl (C=O) groups is 1. The summed E-state index contributed by atoms with van der Waals surface area (Å²) in [4.78, 5) is 14.5. The van der Waals surface area contributed by atoms with Gasteiger partial charge in [0.25, 0.3) is 0 Å². The Morgan fingerprint density at radius 2 is 1.89 bits per heavy atom. The van der Waals surface area contributed by atoms with Crippen LogP contribution in [-0.2, 0) is 11.2 Å². The standard InChI is InChI=1S/C15H20N2O/c1-10-8-17(9-11(10)2)15(18)14-7-12-5-3-4-6-13(12)16-14/h3-6,10-11,14,16H,7-9H2,1-2H3/t10?,11?,14-/m0/s1. The fraction of sp³-hybridized carbons (Fsp3) is 0.533. The molecule has 0 aliphatic carbocycles. The summed E-state index contributed by atoms with van der Waals surface area (Å²) in [5, 5.41) is 3.35. The van der Waals surface area contributed by atoms with Crippen molar-refractivity contribution in [1.82, 2.24) is 4.90 Å². The largest absolute Gasteiger partial charge is 0.373 e. The Labute approximate surface area is 108 Å². The Kier molecular flexibility index (Phi) is 2.77. The number of carbonyl (C=O) groups excluding carboxylic acids is 1. The third kappa shape index (κ3) is 1.88. The van der Waals surface area contributed by atoms with Crippen LogP contribution >= 0.6 is 0 Å². The lowest BCUT2D eigenvalue weighted by Gasteiger charge is -2.20. The first-order valence-corrected chi connectivity index (χ1v) is 6.78. The van der Waals surface area contributed by atoms with Crippen molar-refractivity contribution in [3.05, 3.63) is 29.8 Å². The first-order chi connectivity index (χ1) is 8.65. The molecule has 1 aromatic rings. The molecule has 1 N–H and O–H groups in total. The summed E-state index contributed by atoms with van der Waals surface area (Å²) in [7, 11) is 0. The van der Waals surface area contributed by atoms with Crippen LogP contribution < -0.4 is 5.32 Å². The van der Waals surface area contributed by atoms with Crippen LogP contribution in [0.4, 0.5) is 5.69 Å². The van der Waals surface area contributed by atoms with Crippen molar-refractivity contribution >= 4 is 11.6 Å². The lowest BCUT2D eigenvalue weighted by molar-refractivity contribution is -0.131. The number of benzene rings is 1. The number of amides is 1. The van der Waals surface area contributed by atoms with Crippen molar-refractivity contribution in [1.29, 1.82) is 0 Å². The molecule has 3 nitrogen and oxygen atoms in total. The van der Waals surface area contributed by atoms with Crippen molar-refractivity contribution in [2.75, 3.05) is 18.4 Å². The quantitative estimate of drug-likeness (QED) is 0.821. The molecule has 2 aliphatic heterocycles. The Balaban J connectivity index is 1.70. The van der Waals surface area contributed by atoms with Gasteiger partial charge >= 0.3 is 0 Å². The summed E-state index contributed by atoms with van der Waals surface area (Å²) in [6.07, 6.45) is 0.828. The summed E-state index contributed by atoms with van der Waals surface area (Å²) < 4.78 is 0. The smallest absolute Gasteiger partial charge is 0.245 e. The minimum atomic E-state index is -0.0556. The Morgan fingerprint density at radius 1 is 1.22 bits per heavy atom. The number of para-hydroxylation sites is 1. The van der Waals surface area contributed by atoms with E-state index in [2.05, 4.69) is 31.3 Å². The molecule has 2 heterocycles. The van der Waals surface area contributed by atoms with Gasteiger partial charge in [-0.3, -0.25) is 4.79 Å². The molecule has 1 aromatic carbocycles. The van der Waals surface area contributed by atoms with E-state index in [0.717, 1.165) is 25.2 Å². The number of rotatable bonds is 1. The molecule has 1 saturated heterocycles. The lowest BCUT2D eigenvalue weighted by Crippen LogP contribution is -2.41. The van der Waals surface area contributed by atoms with Crippen molar-refractivity contribution in [3.63, 3.8) is 0 Å². The predicted octanol–water partition coefficient (Wildman–Crippen LogP) is 2.14. The van der Waals surface area contributed by atoms with E-state index < -0.39 is 0 Å². The Morgan fingerprint density at radius 3 is 2.56 bits per heavy atom. The number of likely N-dealkylation sites (tertiary alicyclic amines) is 1. The summed E-state index contributed by atoms with van der Waals surface area (Å²) in [5.74, 6) is 1.51. The first-order valence-electron chi connectivity index (χ1n) is 6.78. The second-order valence-electron chi connectivity index (χ2n) is 5.76. The highest BCUT2D eigenvalue weighted by molar-refractivity contribution is 5.87. The Hall–Kier alpha value is -1.51. The van der Waals surface area contributed by atoms with Crippen molar-refractivity contribution in [2.45, 2.75) is 26.3 Å². The van der Waals surface area contributed by atoms with Gasteiger partial charge in [-0.25, -0.2) is 0 Å². The van der Waals surface area contributed by atoms with Gasteiger partial charge in [-0.2, -0.15) is 0 Å².